The third kappa shape index (κ3) is 3.96. The second-order valence-electron chi connectivity index (χ2n) is 7.10. The van der Waals surface area contributed by atoms with Crippen LogP contribution in [-0.4, -0.2) is 46.3 Å². The van der Waals surface area contributed by atoms with Crippen LogP contribution in [0.1, 0.15) is 17.3 Å². The summed E-state index contributed by atoms with van der Waals surface area (Å²) in [5.74, 6) is -4.20. The normalized spacial score (nSPS) is 16.3. The predicted molar refractivity (Wildman–Crippen MR) is 111 cm³/mol. The Bertz CT molecular complexity index is 1220. The molecule has 1 aliphatic rings. The van der Waals surface area contributed by atoms with Crippen molar-refractivity contribution in [3.63, 3.8) is 0 Å². The molecule has 0 radical (unpaired) electrons. The number of nitrogens with one attached hydrogen (secondary N) is 1. The lowest BCUT2D eigenvalue weighted by Gasteiger charge is -2.34. The molecule has 0 spiro atoms. The smallest absolute Gasteiger partial charge is 0.341 e. The van der Waals surface area contributed by atoms with Crippen LogP contribution in [0.2, 0.25) is 0 Å². The van der Waals surface area contributed by atoms with E-state index in [0.717, 1.165) is 29.1 Å². The number of pyridine rings is 2. The first-order valence-corrected chi connectivity index (χ1v) is 9.19. The van der Waals surface area contributed by atoms with Crippen LogP contribution in [0.3, 0.4) is 0 Å². The van der Waals surface area contributed by atoms with Gasteiger partial charge in [-0.1, -0.05) is 0 Å². The zero-order valence-corrected chi connectivity index (χ0v) is 17.0. The lowest BCUT2D eigenvalue weighted by atomic mass is 10.1. The third-order valence-corrected chi connectivity index (χ3v) is 5.03. The monoisotopic (exact) mass is 454 g/mol. The molecule has 0 amide bonds. The minimum Gasteiger partial charge on any atom is -0.477 e. The van der Waals surface area contributed by atoms with E-state index >= 15 is 4.39 Å². The predicted octanol–water partition coefficient (Wildman–Crippen LogP) is 2.72. The van der Waals surface area contributed by atoms with Crippen molar-refractivity contribution in [3.05, 3.63) is 63.8 Å². The average Bonchev–Trinajstić information content (AvgIpc) is 2.69. The molecule has 31 heavy (non-hydrogen) atoms. The Balaban J connectivity index is 0.00000272. The van der Waals surface area contributed by atoms with E-state index in [1.54, 1.807) is 0 Å². The summed E-state index contributed by atoms with van der Waals surface area (Å²) in [6, 6.07) is 3.10. The summed E-state index contributed by atoms with van der Waals surface area (Å²) < 4.78 is 44.9. The fourth-order valence-corrected chi connectivity index (χ4v) is 3.67. The van der Waals surface area contributed by atoms with Crippen LogP contribution < -0.4 is 15.6 Å². The maximum Gasteiger partial charge on any atom is 0.341 e. The fraction of sp³-hybridized carbons (Fsp3) is 0.250. The zero-order valence-electron chi connectivity index (χ0n) is 16.2. The molecule has 2 N–H and O–H groups in total. The van der Waals surface area contributed by atoms with Crippen molar-refractivity contribution in [3.8, 4) is 5.82 Å². The summed E-state index contributed by atoms with van der Waals surface area (Å²) in [6.45, 7) is 3.07. The third-order valence-electron chi connectivity index (χ3n) is 5.03. The molecule has 4 rings (SSSR count). The number of carbonyl (C=O) groups is 1. The number of nitrogens with zero attached hydrogens (tertiary/aromatic N) is 3. The van der Waals surface area contributed by atoms with Gasteiger partial charge in [0, 0.05) is 31.9 Å². The van der Waals surface area contributed by atoms with Crippen LogP contribution in [0.5, 0.6) is 0 Å². The Morgan fingerprint density at radius 3 is 2.65 bits per heavy atom. The molecule has 1 aromatic carbocycles. The Hall–Kier alpha value is -3.11. The van der Waals surface area contributed by atoms with Crippen molar-refractivity contribution < 1.29 is 23.1 Å². The van der Waals surface area contributed by atoms with Gasteiger partial charge in [0.25, 0.3) is 0 Å². The summed E-state index contributed by atoms with van der Waals surface area (Å²) >= 11 is 0. The quantitative estimate of drug-likeness (QED) is 0.633. The van der Waals surface area contributed by atoms with E-state index in [2.05, 4.69) is 10.3 Å². The Morgan fingerprint density at radius 2 is 2.03 bits per heavy atom. The molecule has 11 heteroatoms. The van der Waals surface area contributed by atoms with Gasteiger partial charge >= 0.3 is 5.97 Å². The Morgan fingerprint density at radius 1 is 1.29 bits per heavy atom. The van der Waals surface area contributed by atoms with E-state index in [-0.39, 0.29) is 35.5 Å². The van der Waals surface area contributed by atoms with E-state index in [9.17, 15) is 23.5 Å². The highest BCUT2D eigenvalue weighted by molar-refractivity contribution is 5.94. The second kappa shape index (κ2) is 8.56. The lowest BCUT2D eigenvalue weighted by molar-refractivity contribution is 0.0695. The first kappa shape index (κ1) is 22.6. The highest BCUT2D eigenvalue weighted by atomic mass is 35.5. The molecule has 1 atom stereocenters. The van der Waals surface area contributed by atoms with Crippen LogP contribution in [0.15, 0.2) is 35.4 Å². The molecule has 7 nitrogen and oxygen atoms in total. The van der Waals surface area contributed by atoms with Crippen LogP contribution in [0.25, 0.3) is 16.7 Å². The first-order valence-electron chi connectivity index (χ1n) is 9.19. The lowest BCUT2D eigenvalue weighted by Crippen LogP contribution is -2.49. The number of anilines is 1. The molecule has 1 saturated heterocycles. The second-order valence-corrected chi connectivity index (χ2v) is 7.10. The molecule has 0 aliphatic carbocycles. The van der Waals surface area contributed by atoms with Crippen LogP contribution in [-0.2, 0) is 0 Å². The van der Waals surface area contributed by atoms with Crippen molar-refractivity contribution in [2.75, 3.05) is 24.5 Å². The largest absolute Gasteiger partial charge is 0.477 e. The topological polar surface area (TPSA) is 87.5 Å². The van der Waals surface area contributed by atoms with Gasteiger partial charge in [0.05, 0.1) is 17.1 Å². The number of hydrogen-bond acceptors (Lipinski definition) is 5. The fourth-order valence-electron chi connectivity index (χ4n) is 3.67. The van der Waals surface area contributed by atoms with Gasteiger partial charge in [-0.3, -0.25) is 9.36 Å². The van der Waals surface area contributed by atoms with Crippen molar-refractivity contribution in [2.24, 2.45) is 0 Å². The minimum atomic E-state index is -1.56. The van der Waals surface area contributed by atoms with Gasteiger partial charge in [0.15, 0.2) is 5.82 Å². The summed E-state index contributed by atoms with van der Waals surface area (Å²) in [6.07, 6.45) is 1.79. The molecule has 0 bridgehead atoms. The molecular weight excluding hydrogens is 437 g/mol. The van der Waals surface area contributed by atoms with E-state index in [1.807, 2.05) is 6.92 Å². The van der Waals surface area contributed by atoms with Gasteiger partial charge in [-0.25, -0.2) is 22.9 Å². The van der Waals surface area contributed by atoms with Gasteiger partial charge < -0.3 is 15.3 Å². The average molecular weight is 455 g/mol. The van der Waals surface area contributed by atoms with Gasteiger partial charge in [-0.05, 0) is 25.1 Å². The zero-order chi connectivity index (χ0) is 21.6. The Kier molecular flexibility index (Phi) is 6.23. The standard InChI is InChI=1S/C20H17F3N4O3.ClH/c1-10-8-26(5-4-24-10)18-14(22)6-12-17(16(18)23)27(9-13(19(12)28)20(29)30)15-3-2-11(21)7-25-15;/h2-3,6-7,9-10,24H,4-5,8H2,1H3,(H,29,30);1H. The maximum atomic E-state index is 15.7. The number of carboxylic acids is 1. The number of fused-ring (bicyclic) bond motifs is 1. The van der Waals surface area contributed by atoms with Crippen molar-refractivity contribution >= 4 is 35.0 Å². The molecular formula is C20H18ClF3N4O3. The number of rotatable bonds is 3. The summed E-state index contributed by atoms with van der Waals surface area (Å²) in [5.41, 5.74) is -2.34. The number of hydrogen-bond donors (Lipinski definition) is 2. The molecule has 164 valence electrons. The number of aromatic nitrogens is 2. The van der Waals surface area contributed by atoms with Crippen molar-refractivity contribution in [2.45, 2.75) is 13.0 Å². The van der Waals surface area contributed by atoms with E-state index in [4.69, 9.17) is 0 Å². The molecule has 2 aromatic heterocycles. The molecule has 1 unspecified atom stereocenters. The molecule has 3 aromatic rings. The summed E-state index contributed by atoms with van der Waals surface area (Å²) in [7, 11) is 0. The number of halogens is 4. The molecule has 0 saturated carbocycles. The van der Waals surface area contributed by atoms with Gasteiger partial charge in [0.2, 0.25) is 5.43 Å². The molecule has 1 aliphatic heterocycles. The van der Waals surface area contributed by atoms with Gasteiger partial charge in [-0.2, -0.15) is 0 Å². The SMILES string of the molecule is CC1CN(c2c(F)cc3c(=O)c(C(=O)O)cn(-c4ccc(F)cn4)c3c2F)CCN1.Cl. The maximum absolute atomic E-state index is 15.7. The summed E-state index contributed by atoms with van der Waals surface area (Å²) in [4.78, 5) is 29.5. The van der Waals surface area contributed by atoms with Crippen molar-refractivity contribution in [1.82, 2.24) is 14.9 Å². The highest BCUT2D eigenvalue weighted by Crippen LogP contribution is 2.31. The highest BCUT2D eigenvalue weighted by Gasteiger charge is 2.27. The number of piperazine rings is 1. The summed E-state index contributed by atoms with van der Waals surface area (Å²) in [5, 5.41) is 12.1. The first-order chi connectivity index (χ1) is 14.3. The van der Waals surface area contributed by atoms with Crippen LogP contribution in [0, 0.1) is 17.5 Å². The number of aromatic carboxylic acids is 1. The van der Waals surface area contributed by atoms with E-state index in [1.165, 1.54) is 11.0 Å². The van der Waals surface area contributed by atoms with Gasteiger partial charge in [-0.15, -0.1) is 12.4 Å². The number of benzene rings is 1. The minimum absolute atomic E-state index is 0. The Labute approximate surface area is 180 Å². The molecule has 1 fully saturated rings. The van der Waals surface area contributed by atoms with Crippen LogP contribution >= 0.6 is 12.4 Å². The van der Waals surface area contributed by atoms with Crippen molar-refractivity contribution in [1.29, 1.82) is 0 Å². The van der Waals surface area contributed by atoms with Crippen LogP contribution in [0.4, 0.5) is 18.9 Å². The number of carboxylic acid groups (broad SMARTS) is 1. The molecule has 3 heterocycles. The van der Waals surface area contributed by atoms with E-state index in [0.29, 0.717) is 19.6 Å². The van der Waals surface area contributed by atoms with E-state index < -0.39 is 39.8 Å². The van der Waals surface area contributed by atoms with Gasteiger partial charge in [0.1, 0.15) is 28.7 Å².